The van der Waals surface area contributed by atoms with Crippen LogP contribution < -0.4 is 5.73 Å². The van der Waals surface area contributed by atoms with E-state index in [0.717, 1.165) is 22.5 Å². The maximum atomic E-state index is 5.43. The average molecular weight is 215 g/mol. The second-order valence-electron chi connectivity index (χ2n) is 3.67. The van der Waals surface area contributed by atoms with E-state index >= 15 is 0 Å². The molecule has 2 N–H and O–H groups in total. The number of nitrogen functional groups attached to an aromatic ring is 1. The molecule has 0 spiro atoms. The fraction of sp³-hybridized carbons (Fsp3) is 0.273. The van der Waals surface area contributed by atoms with Gasteiger partial charge in [-0.15, -0.1) is 0 Å². The van der Waals surface area contributed by atoms with Gasteiger partial charge in [0.2, 0.25) is 5.95 Å². The first-order valence-electron chi connectivity index (χ1n) is 4.97. The molecule has 2 rings (SSSR count). The van der Waals surface area contributed by atoms with E-state index < -0.39 is 0 Å². The summed E-state index contributed by atoms with van der Waals surface area (Å²) in [6.07, 6.45) is 3.26. The summed E-state index contributed by atoms with van der Waals surface area (Å²) in [5, 5.41) is 0. The highest BCUT2D eigenvalue weighted by molar-refractivity contribution is 5.53. The lowest BCUT2D eigenvalue weighted by Gasteiger charge is -2.06. The first kappa shape index (κ1) is 10.5. The van der Waals surface area contributed by atoms with Gasteiger partial charge in [-0.25, -0.2) is 19.9 Å². The van der Waals surface area contributed by atoms with Crippen LogP contribution in [0.15, 0.2) is 12.4 Å². The van der Waals surface area contributed by atoms with Crippen LogP contribution in [0.1, 0.15) is 17.0 Å². The molecule has 0 aromatic carbocycles. The number of nitrogens with two attached hydrogens (primary N) is 1. The Morgan fingerprint density at radius 3 is 1.94 bits per heavy atom. The normalized spacial score (nSPS) is 10.4. The minimum absolute atomic E-state index is 0.254. The van der Waals surface area contributed by atoms with Gasteiger partial charge >= 0.3 is 0 Å². The molecule has 0 atom stereocenters. The quantitative estimate of drug-likeness (QED) is 0.778. The molecule has 16 heavy (non-hydrogen) atoms. The second kappa shape index (κ2) is 3.84. The number of rotatable bonds is 1. The van der Waals surface area contributed by atoms with Crippen LogP contribution in [0.25, 0.3) is 11.4 Å². The fourth-order valence-corrected chi connectivity index (χ4v) is 1.35. The number of hydrogen-bond acceptors (Lipinski definition) is 5. The third kappa shape index (κ3) is 1.84. The lowest BCUT2D eigenvalue weighted by Crippen LogP contribution is -2.00. The Morgan fingerprint density at radius 1 is 0.938 bits per heavy atom. The Labute approximate surface area is 93.8 Å². The van der Waals surface area contributed by atoms with Crippen molar-refractivity contribution < 1.29 is 0 Å². The maximum absolute atomic E-state index is 5.43. The van der Waals surface area contributed by atoms with E-state index in [1.54, 1.807) is 12.4 Å². The van der Waals surface area contributed by atoms with Gasteiger partial charge in [0.05, 0.1) is 5.56 Å². The Morgan fingerprint density at radius 2 is 1.44 bits per heavy atom. The number of aryl methyl sites for hydroxylation is 2. The zero-order chi connectivity index (χ0) is 11.7. The topological polar surface area (TPSA) is 77.6 Å². The molecule has 0 saturated heterocycles. The lowest BCUT2D eigenvalue weighted by molar-refractivity contribution is 1.01. The van der Waals surface area contributed by atoms with Crippen molar-refractivity contribution in [2.75, 3.05) is 5.73 Å². The minimum atomic E-state index is 0.254. The number of aromatic nitrogens is 4. The van der Waals surface area contributed by atoms with E-state index in [4.69, 9.17) is 5.73 Å². The van der Waals surface area contributed by atoms with Crippen molar-refractivity contribution in [1.82, 2.24) is 19.9 Å². The van der Waals surface area contributed by atoms with Crippen molar-refractivity contribution in [3.05, 3.63) is 29.3 Å². The van der Waals surface area contributed by atoms with Crippen molar-refractivity contribution in [3.8, 4) is 11.4 Å². The molecular weight excluding hydrogens is 202 g/mol. The smallest absolute Gasteiger partial charge is 0.219 e. The highest BCUT2D eigenvalue weighted by Gasteiger charge is 2.07. The first-order chi connectivity index (χ1) is 7.58. The molecule has 5 nitrogen and oxygen atoms in total. The van der Waals surface area contributed by atoms with Crippen LogP contribution in [-0.2, 0) is 0 Å². The van der Waals surface area contributed by atoms with E-state index in [9.17, 15) is 0 Å². The van der Waals surface area contributed by atoms with Gasteiger partial charge in [0.15, 0.2) is 5.82 Å². The molecule has 0 fully saturated rings. The van der Waals surface area contributed by atoms with Crippen molar-refractivity contribution >= 4 is 5.95 Å². The van der Waals surface area contributed by atoms with E-state index in [2.05, 4.69) is 19.9 Å². The van der Waals surface area contributed by atoms with Gasteiger partial charge in [0.1, 0.15) is 0 Å². The predicted molar refractivity (Wildman–Crippen MR) is 61.7 cm³/mol. The molecule has 0 aliphatic rings. The zero-order valence-corrected chi connectivity index (χ0v) is 9.52. The molecule has 2 aromatic rings. The summed E-state index contributed by atoms with van der Waals surface area (Å²) in [5.74, 6) is 0.893. The van der Waals surface area contributed by atoms with Crippen molar-refractivity contribution in [3.63, 3.8) is 0 Å². The van der Waals surface area contributed by atoms with Crippen LogP contribution in [0.5, 0.6) is 0 Å². The molecule has 0 amide bonds. The van der Waals surface area contributed by atoms with Crippen molar-refractivity contribution in [2.24, 2.45) is 0 Å². The van der Waals surface area contributed by atoms with E-state index in [0.29, 0.717) is 5.82 Å². The molecule has 0 saturated carbocycles. The summed E-state index contributed by atoms with van der Waals surface area (Å²) in [4.78, 5) is 16.7. The van der Waals surface area contributed by atoms with Crippen LogP contribution in [-0.4, -0.2) is 19.9 Å². The Balaban J connectivity index is 2.52. The predicted octanol–water partition coefficient (Wildman–Crippen LogP) is 1.44. The highest BCUT2D eigenvalue weighted by Crippen LogP contribution is 2.16. The largest absolute Gasteiger partial charge is 0.368 e. The van der Waals surface area contributed by atoms with Crippen LogP contribution in [0.3, 0.4) is 0 Å². The summed E-state index contributed by atoms with van der Waals surface area (Å²) in [7, 11) is 0. The molecule has 0 aliphatic carbocycles. The molecule has 0 radical (unpaired) electrons. The van der Waals surface area contributed by atoms with Gasteiger partial charge in [-0.2, -0.15) is 0 Å². The fourth-order valence-electron chi connectivity index (χ4n) is 1.35. The lowest BCUT2D eigenvalue weighted by atomic mass is 10.2. The first-order valence-corrected chi connectivity index (χ1v) is 4.97. The number of anilines is 1. The molecule has 5 heteroatoms. The van der Waals surface area contributed by atoms with Gasteiger partial charge < -0.3 is 5.73 Å². The zero-order valence-electron chi connectivity index (χ0n) is 9.52. The van der Waals surface area contributed by atoms with Gasteiger partial charge in [0.25, 0.3) is 0 Å². The maximum Gasteiger partial charge on any atom is 0.219 e. The number of hydrogen-bond donors (Lipinski definition) is 1. The molecule has 0 unspecified atom stereocenters. The molecular formula is C11H13N5. The van der Waals surface area contributed by atoms with Crippen LogP contribution in [0.2, 0.25) is 0 Å². The third-order valence-electron chi connectivity index (χ3n) is 2.56. The molecule has 0 aliphatic heterocycles. The Hall–Kier alpha value is -2.04. The van der Waals surface area contributed by atoms with Crippen molar-refractivity contribution in [2.45, 2.75) is 20.8 Å². The van der Waals surface area contributed by atoms with Gasteiger partial charge in [-0.1, -0.05) is 0 Å². The standard InChI is InChI=1S/C11H13N5/c1-6-7(2)15-10(16-8(6)3)9-4-13-11(12)14-5-9/h4-5H,1-3H3,(H2,12,13,14). The Bertz CT molecular complexity index is 495. The number of nitrogens with zero attached hydrogens (tertiary/aromatic N) is 4. The summed E-state index contributed by atoms with van der Waals surface area (Å²) in [6.45, 7) is 5.94. The molecule has 2 aromatic heterocycles. The minimum Gasteiger partial charge on any atom is -0.368 e. The molecule has 82 valence electrons. The van der Waals surface area contributed by atoms with Crippen LogP contribution >= 0.6 is 0 Å². The monoisotopic (exact) mass is 215 g/mol. The third-order valence-corrected chi connectivity index (χ3v) is 2.56. The summed E-state index contributed by atoms with van der Waals surface area (Å²) in [5.41, 5.74) is 9.26. The molecule has 2 heterocycles. The van der Waals surface area contributed by atoms with Crippen LogP contribution in [0, 0.1) is 20.8 Å². The van der Waals surface area contributed by atoms with Gasteiger partial charge in [0, 0.05) is 23.8 Å². The highest BCUT2D eigenvalue weighted by atomic mass is 15.0. The van der Waals surface area contributed by atoms with Crippen molar-refractivity contribution in [1.29, 1.82) is 0 Å². The summed E-state index contributed by atoms with van der Waals surface area (Å²) >= 11 is 0. The summed E-state index contributed by atoms with van der Waals surface area (Å²) < 4.78 is 0. The van der Waals surface area contributed by atoms with E-state index in [1.165, 1.54) is 0 Å². The average Bonchev–Trinajstić information content (AvgIpc) is 2.26. The molecule has 0 bridgehead atoms. The SMILES string of the molecule is Cc1nc(-c2cnc(N)nc2)nc(C)c1C. The van der Waals surface area contributed by atoms with Crippen LogP contribution in [0.4, 0.5) is 5.95 Å². The van der Waals surface area contributed by atoms with E-state index in [-0.39, 0.29) is 5.95 Å². The van der Waals surface area contributed by atoms with Gasteiger partial charge in [-0.3, -0.25) is 0 Å². The summed E-state index contributed by atoms with van der Waals surface area (Å²) in [6, 6.07) is 0. The second-order valence-corrected chi connectivity index (χ2v) is 3.67. The van der Waals surface area contributed by atoms with E-state index in [1.807, 2.05) is 20.8 Å². The Kier molecular flexibility index (Phi) is 2.52. The van der Waals surface area contributed by atoms with Gasteiger partial charge in [-0.05, 0) is 26.3 Å².